The van der Waals surface area contributed by atoms with Crippen LogP contribution < -0.4 is 5.32 Å². The van der Waals surface area contributed by atoms with Crippen molar-refractivity contribution in [2.75, 3.05) is 5.32 Å². The second-order valence-corrected chi connectivity index (χ2v) is 4.78. The van der Waals surface area contributed by atoms with Gasteiger partial charge in [0.1, 0.15) is 0 Å². The standard InChI is InChI=1S/C15H14F3N3O/c1-10-7-8-19-14(20-10)21-13(22)9-12(15(16,17)18)11-5-3-2-4-6-11/h2-8,12H,9H2,1H3,(H,19,20,21,22)/t12-/m1/s1. The van der Waals surface area contributed by atoms with Crippen molar-refractivity contribution < 1.29 is 18.0 Å². The normalized spacial score (nSPS) is 12.7. The molecule has 0 aliphatic carbocycles. The van der Waals surface area contributed by atoms with Crippen LogP contribution in [0.15, 0.2) is 42.6 Å². The van der Waals surface area contributed by atoms with E-state index in [4.69, 9.17) is 0 Å². The fourth-order valence-corrected chi connectivity index (χ4v) is 1.98. The highest BCUT2D eigenvalue weighted by molar-refractivity contribution is 5.89. The van der Waals surface area contributed by atoms with Gasteiger partial charge in [0.05, 0.1) is 5.92 Å². The lowest BCUT2D eigenvalue weighted by Gasteiger charge is -2.20. The number of aromatic nitrogens is 2. The van der Waals surface area contributed by atoms with Crippen molar-refractivity contribution in [3.05, 3.63) is 53.9 Å². The third-order valence-electron chi connectivity index (χ3n) is 3.03. The van der Waals surface area contributed by atoms with Crippen molar-refractivity contribution in [2.24, 2.45) is 0 Å². The Balaban J connectivity index is 2.12. The molecule has 1 heterocycles. The maximum Gasteiger partial charge on any atom is 0.396 e. The van der Waals surface area contributed by atoms with E-state index in [0.717, 1.165) is 0 Å². The fraction of sp³-hybridized carbons (Fsp3) is 0.267. The molecule has 0 saturated heterocycles. The second kappa shape index (κ2) is 6.55. The molecular weight excluding hydrogens is 295 g/mol. The van der Waals surface area contributed by atoms with Crippen LogP contribution in [0.5, 0.6) is 0 Å². The van der Waals surface area contributed by atoms with E-state index in [0.29, 0.717) is 5.69 Å². The number of anilines is 1. The van der Waals surface area contributed by atoms with Crippen molar-refractivity contribution in [3.63, 3.8) is 0 Å². The Bertz CT molecular complexity index is 644. The molecule has 2 rings (SSSR count). The number of benzene rings is 1. The van der Waals surface area contributed by atoms with E-state index in [1.165, 1.54) is 30.5 Å². The van der Waals surface area contributed by atoms with Gasteiger partial charge in [-0.05, 0) is 18.6 Å². The third-order valence-corrected chi connectivity index (χ3v) is 3.03. The number of nitrogens with one attached hydrogen (secondary N) is 1. The molecule has 7 heteroatoms. The van der Waals surface area contributed by atoms with E-state index in [1.807, 2.05) is 0 Å². The summed E-state index contributed by atoms with van der Waals surface area (Å²) in [5.74, 6) is -2.64. The van der Waals surface area contributed by atoms with E-state index in [2.05, 4.69) is 15.3 Å². The quantitative estimate of drug-likeness (QED) is 0.941. The van der Waals surface area contributed by atoms with Gasteiger partial charge in [-0.2, -0.15) is 13.2 Å². The number of hydrogen-bond donors (Lipinski definition) is 1. The minimum absolute atomic E-state index is 0.000939. The fourth-order valence-electron chi connectivity index (χ4n) is 1.98. The van der Waals surface area contributed by atoms with E-state index in [-0.39, 0.29) is 11.5 Å². The smallest absolute Gasteiger partial charge is 0.294 e. The van der Waals surface area contributed by atoms with Gasteiger partial charge in [-0.25, -0.2) is 9.97 Å². The van der Waals surface area contributed by atoms with Gasteiger partial charge in [-0.1, -0.05) is 30.3 Å². The molecule has 0 radical (unpaired) electrons. The largest absolute Gasteiger partial charge is 0.396 e. The number of aryl methyl sites for hydroxylation is 1. The Kier molecular flexibility index (Phi) is 4.75. The molecule has 1 amide bonds. The van der Waals surface area contributed by atoms with E-state index in [9.17, 15) is 18.0 Å². The summed E-state index contributed by atoms with van der Waals surface area (Å²) in [5, 5.41) is 2.29. The highest BCUT2D eigenvalue weighted by Crippen LogP contribution is 2.37. The van der Waals surface area contributed by atoms with Crippen LogP contribution in [0.4, 0.5) is 19.1 Å². The van der Waals surface area contributed by atoms with Gasteiger partial charge in [-0.3, -0.25) is 10.1 Å². The zero-order valence-corrected chi connectivity index (χ0v) is 11.8. The number of amides is 1. The summed E-state index contributed by atoms with van der Waals surface area (Å²) < 4.78 is 39.5. The Morgan fingerprint density at radius 2 is 1.91 bits per heavy atom. The minimum Gasteiger partial charge on any atom is -0.294 e. The van der Waals surface area contributed by atoms with Crippen LogP contribution in [0.25, 0.3) is 0 Å². The summed E-state index contributed by atoms with van der Waals surface area (Å²) in [6, 6.07) is 8.98. The van der Waals surface area contributed by atoms with E-state index < -0.39 is 24.4 Å². The van der Waals surface area contributed by atoms with Gasteiger partial charge in [-0.15, -0.1) is 0 Å². The molecule has 1 aromatic carbocycles. The molecule has 4 nitrogen and oxygen atoms in total. The topological polar surface area (TPSA) is 54.9 Å². The summed E-state index contributed by atoms with van der Waals surface area (Å²) in [6.07, 6.45) is -3.80. The molecule has 22 heavy (non-hydrogen) atoms. The first-order valence-electron chi connectivity index (χ1n) is 6.57. The maximum absolute atomic E-state index is 13.2. The molecule has 0 saturated carbocycles. The monoisotopic (exact) mass is 309 g/mol. The predicted molar refractivity (Wildman–Crippen MR) is 75.3 cm³/mol. The summed E-state index contributed by atoms with van der Waals surface area (Å²) in [4.78, 5) is 19.6. The number of alkyl halides is 3. The van der Waals surface area contributed by atoms with E-state index >= 15 is 0 Å². The van der Waals surface area contributed by atoms with Crippen LogP contribution in [0.3, 0.4) is 0 Å². The highest BCUT2D eigenvalue weighted by Gasteiger charge is 2.41. The van der Waals surface area contributed by atoms with Crippen LogP contribution in [-0.2, 0) is 4.79 Å². The summed E-state index contributed by atoms with van der Waals surface area (Å²) in [5.41, 5.74) is 0.663. The lowest BCUT2D eigenvalue weighted by Crippen LogP contribution is -2.26. The molecule has 1 atom stereocenters. The molecule has 0 aliphatic heterocycles. The summed E-state index contributed by atoms with van der Waals surface area (Å²) >= 11 is 0. The van der Waals surface area contributed by atoms with Crippen LogP contribution >= 0.6 is 0 Å². The number of carbonyl (C=O) groups excluding carboxylic acids is 1. The first-order chi connectivity index (χ1) is 10.4. The molecule has 2 aromatic rings. The Morgan fingerprint density at radius 1 is 1.23 bits per heavy atom. The zero-order chi connectivity index (χ0) is 16.2. The molecule has 0 fully saturated rings. The first kappa shape index (κ1) is 15.9. The average molecular weight is 309 g/mol. The highest BCUT2D eigenvalue weighted by atomic mass is 19.4. The van der Waals surface area contributed by atoms with Crippen molar-refractivity contribution in [1.82, 2.24) is 9.97 Å². The maximum atomic E-state index is 13.2. The molecule has 1 aromatic heterocycles. The van der Waals surface area contributed by atoms with Crippen LogP contribution in [-0.4, -0.2) is 22.1 Å². The summed E-state index contributed by atoms with van der Waals surface area (Å²) in [6.45, 7) is 1.69. The Morgan fingerprint density at radius 3 is 2.50 bits per heavy atom. The van der Waals surface area contributed by atoms with Crippen molar-refractivity contribution in [1.29, 1.82) is 0 Å². The minimum atomic E-state index is -4.51. The first-order valence-corrected chi connectivity index (χ1v) is 6.57. The molecule has 0 bridgehead atoms. The average Bonchev–Trinajstić information content (AvgIpc) is 2.44. The number of hydrogen-bond acceptors (Lipinski definition) is 3. The zero-order valence-electron chi connectivity index (χ0n) is 11.8. The van der Waals surface area contributed by atoms with Gasteiger partial charge in [0.15, 0.2) is 0 Å². The molecule has 0 spiro atoms. The number of carbonyl (C=O) groups is 1. The van der Waals surface area contributed by atoms with Gasteiger partial charge in [0, 0.05) is 18.3 Å². The molecule has 116 valence electrons. The molecule has 1 N–H and O–H groups in total. The Labute approximate surface area is 125 Å². The third kappa shape index (κ3) is 4.28. The second-order valence-electron chi connectivity index (χ2n) is 4.78. The van der Waals surface area contributed by atoms with Crippen molar-refractivity contribution in [2.45, 2.75) is 25.4 Å². The Hall–Kier alpha value is -2.44. The van der Waals surface area contributed by atoms with Gasteiger partial charge in [0.2, 0.25) is 11.9 Å². The SMILES string of the molecule is Cc1ccnc(NC(=O)C[C@H](c2ccccc2)C(F)(F)F)n1. The van der Waals surface area contributed by atoms with Crippen LogP contribution in [0.1, 0.15) is 23.6 Å². The van der Waals surface area contributed by atoms with Crippen molar-refractivity contribution >= 4 is 11.9 Å². The number of nitrogens with zero attached hydrogens (tertiary/aromatic N) is 2. The number of rotatable bonds is 4. The van der Waals surface area contributed by atoms with Gasteiger partial charge >= 0.3 is 6.18 Å². The van der Waals surface area contributed by atoms with Crippen LogP contribution in [0.2, 0.25) is 0 Å². The van der Waals surface area contributed by atoms with Gasteiger partial charge < -0.3 is 0 Å². The molecule has 0 unspecified atom stereocenters. The number of halogens is 3. The molecular formula is C15H14F3N3O. The van der Waals surface area contributed by atoms with E-state index in [1.54, 1.807) is 19.1 Å². The lowest BCUT2D eigenvalue weighted by molar-refractivity contribution is -0.156. The summed E-state index contributed by atoms with van der Waals surface area (Å²) in [7, 11) is 0. The van der Waals surface area contributed by atoms with Gasteiger partial charge in [0.25, 0.3) is 0 Å². The molecule has 0 aliphatic rings. The van der Waals surface area contributed by atoms with Crippen LogP contribution in [0, 0.1) is 6.92 Å². The lowest BCUT2D eigenvalue weighted by atomic mass is 9.95. The predicted octanol–water partition coefficient (Wildman–Crippen LogP) is 3.46. The van der Waals surface area contributed by atoms with Crippen molar-refractivity contribution in [3.8, 4) is 0 Å².